The van der Waals surface area contributed by atoms with Gasteiger partial charge in [-0.3, -0.25) is 0 Å². The zero-order chi connectivity index (χ0) is 15.1. The molecule has 114 valence electrons. The van der Waals surface area contributed by atoms with Gasteiger partial charge in [0, 0.05) is 18.7 Å². The molecule has 0 heterocycles. The first-order valence-corrected chi connectivity index (χ1v) is 7.75. The zero-order valence-corrected chi connectivity index (χ0v) is 12.9. The van der Waals surface area contributed by atoms with Crippen LogP contribution in [0, 0.1) is 0 Å². The highest BCUT2D eigenvalue weighted by Crippen LogP contribution is 2.29. The van der Waals surface area contributed by atoms with E-state index in [1.807, 2.05) is 0 Å². The average Bonchev–Trinajstić information content (AvgIpc) is 2.52. The summed E-state index contributed by atoms with van der Waals surface area (Å²) in [6.45, 7) is 6.01. The van der Waals surface area contributed by atoms with Gasteiger partial charge in [-0.05, 0) is 43.1 Å². The van der Waals surface area contributed by atoms with E-state index in [0.29, 0.717) is 0 Å². The van der Waals surface area contributed by atoms with Crippen molar-refractivity contribution >= 4 is 10.8 Å². The molecule has 0 aliphatic rings. The zero-order valence-electron chi connectivity index (χ0n) is 12.9. The first-order chi connectivity index (χ1) is 10.3. The Morgan fingerprint density at radius 1 is 1.19 bits per heavy atom. The number of fused-ring (bicyclic) bond motifs is 1. The van der Waals surface area contributed by atoms with E-state index in [1.54, 1.807) is 0 Å². The van der Waals surface area contributed by atoms with Gasteiger partial charge in [0.2, 0.25) is 0 Å². The van der Waals surface area contributed by atoms with Gasteiger partial charge in [0.25, 0.3) is 0 Å². The van der Waals surface area contributed by atoms with E-state index in [2.05, 4.69) is 55.6 Å². The van der Waals surface area contributed by atoms with Gasteiger partial charge in [-0.2, -0.15) is 0 Å². The number of hydrogen-bond donors (Lipinski definition) is 2. The highest BCUT2D eigenvalue weighted by atomic mass is 16.5. The van der Waals surface area contributed by atoms with Crippen LogP contribution in [0.5, 0.6) is 5.75 Å². The minimum Gasteiger partial charge on any atom is -0.490 e. The summed E-state index contributed by atoms with van der Waals surface area (Å²) in [5.74, 6) is 0.958. The summed E-state index contributed by atoms with van der Waals surface area (Å²) in [5.41, 5.74) is 1.20. The van der Waals surface area contributed by atoms with Crippen LogP contribution < -0.4 is 10.1 Å². The van der Waals surface area contributed by atoms with Crippen molar-refractivity contribution in [3.63, 3.8) is 0 Å². The Hall–Kier alpha value is -1.58. The monoisotopic (exact) mass is 287 g/mol. The van der Waals surface area contributed by atoms with Crippen molar-refractivity contribution in [2.45, 2.75) is 39.3 Å². The maximum atomic E-state index is 8.88. The van der Waals surface area contributed by atoms with Gasteiger partial charge in [0.1, 0.15) is 5.75 Å². The molecule has 0 saturated carbocycles. The molecule has 2 aromatic rings. The van der Waals surface area contributed by atoms with Crippen molar-refractivity contribution in [3.05, 3.63) is 42.0 Å². The lowest BCUT2D eigenvalue weighted by Crippen LogP contribution is -2.18. The van der Waals surface area contributed by atoms with E-state index >= 15 is 0 Å². The number of aliphatic hydroxyl groups excluding tert-OH is 1. The third-order valence-electron chi connectivity index (χ3n) is 3.71. The van der Waals surface area contributed by atoms with Gasteiger partial charge < -0.3 is 15.2 Å². The molecular weight excluding hydrogens is 262 g/mol. The fraction of sp³-hybridized carbons (Fsp3) is 0.444. The topological polar surface area (TPSA) is 41.5 Å². The summed E-state index contributed by atoms with van der Waals surface area (Å²) in [6.07, 6.45) is 1.97. The molecule has 21 heavy (non-hydrogen) atoms. The van der Waals surface area contributed by atoms with Crippen molar-refractivity contribution in [3.8, 4) is 5.75 Å². The lowest BCUT2D eigenvalue weighted by atomic mass is 10.0. The summed E-state index contributed by atoms with van der Waals surface area (Å²) in [6, 6.07) is 12.6. The molecule has 1 atom stereocenters. The molecule has 0 amide bonds. The molecule has 0 aliphatic heterocycles. The molecule has 0 bridgehead atoms. The van der Waals surface area contributed by atoms with Gasteiger partial charge in [0.15, 0.2) is 0 Å². The molecule has 0 spiro atoms. The van der Waals surface area contributed by atoms with Crippen LogP contribution in [0.25, 0.3) is 10.8 Å². The molecule has 0 aliphatic carbocycles. The summed E-state index contributed by atoms with van der Waals surface area (Å²) in [4.78, 5) is 0. The fourth-order valence-corrected chi connectivity index (χ4v) is 2.33. The Labute approximate surface area is 126 Å². The summed E-state index contributed by atoms with van der Waals surface area (Å²) < 4.78 is 6.07. The van der Waals surface area contributed by atoms with Crippen LogP contribution in [0.15, 0.2) is 36.4 Å². The van der Waals surface area contributed by atoms with Crippen molar-refractivity contribution in [2.24, 2.45) is 0 Å². The molecule has 1 unspecified atom stereocenters. The third-order valence-corrected chi connectivity index (χ3v) is 3.71. The first kappa shape index (κ1) is 15.8. The van der Waals surface area contributed by atoms with Crippen LogP contribution in [0.3, 0.4) is 0 Å². The Morgan fingerprint density at radius 2 is 2.00 bits per heavy atom. The molecule has 2 aromatic carbocycles. The molecule has 2 N–H and O–H groups in total. The predicted molar refractivity (Wildman–Crippen MR) is 87.7 cm³/mol. The maximum Gasteiger partial charge on any atom is 0.124 e. The van der Waals surface area contributed by atoms with Gasteiger partial charge in [-0.15, -0.1) is 0 Å². The number of hydrogen-bond acceptors (Lipinski definition) is 3. The summed E-state index contributed by atoms with van der Waals surface area (Å²) in [5, 5.41) is 14.7. The number of ether oxygens (including phenoxy) is 1. The van der Waals surface area contributed by atoms with E-state index in [-0.39, 0.29) is 12.7 Å². The number of benzene rings is 2. The molecule has 3 heteroatoms. The van der Waals surface area contributed by atoms with Gasteiger partial charge in [-0.1, -0.05) is 37.3 Å². The third kappa shape index (κ3) is 4.19. The molecule has 0 fully saturated rings. The molecule has 0 saturated heterocycles. The maximum absolute atomic E-state index is 8.88. The lowest BCUT2D eigenvalue weighted by molar-refractivity contribution is 0.215. The Balaban J connectivity index is 2.28. The number of nitrogens with one attached hydrogen (secondary N) is 1. The number of rotatable bonds is 8. The second-order valence-corrected chi connectivity index (χ2v) is 5.35. The minimum atomic E-state index is 0.211. The van der Waals surface area contributed by atoms with Crippen molar-refractivity contribution < 1.29 is 9.84 Å². The normalized spacial score (nSPS) is 12.5. The standard InChI is InChI=1S/C18H25NO2/c1-3-14(2)21-18-10-9-15-7-4-5-8-16(15)17(18)13-19-11-6-12-20/h4-5,7-10,14,19-20H,3,6,11-13H2,1-2H3. The quantitative estimate of drug-likeness (QED) is 0.730. The fourth-order valence-electron chi connectivity index (χ4n) is 2.33. The van der Waals surface area contributed by atoms with E-state index in [9.17, 15) is 0 Å². The molecule has 0 radical (unpaired) electrons. The predicted octanol–water partition coefficient (Wildman–Crippen LogP) is 3.49. The van der Waals surface area contributed by atoms with Crippen LogP contribution in [0.1, 0.15) is 32.3 Å². The van der Waals surface area contributed by atoms with E-state index in [0.717, 1.165) is 31.7 Å². The van der Waals surface area contributed by atoms with E-state index in [1.165, 1.54) is 16.3 Å². The van der Waals surface area contributed by atoms with Gasteiger partial charge in [0.05, 0.1) is 6.10 Å². The van der Waals surface area contributed by atoms with Crippen LogP contribution in [-0.2, 0) is 6.54 Å². The Morgan fingerprint density at radius 3 is 2.76 bits per heavy atom. The van der Waals surface area contributed by atoms with Gasteiger partial charge >= 0.3 is 0 Å². The van der Waals surface area contributed by atoms with Crippen molar-refractivity contribution in [1.82, 2.24) is 5.32 Å². The second-order valence-electron chi connectivity index (χ2n) is 5.35. The molecule has 3 nitrogen and oxygen atoms in total. The molecule has 0 aromatic heterocycles. The van der Waals surface area contributed by atoms with Crippen LogP contribution in [0.2, 0.25) is 0 Å². The lowest BCUT2D eigenvalue weighted by Gasteiger charge is -2.18. The molecule has 2 rings (SSSR count). The Kier molecular flexibility index (Phi) is 6.03. The summed E-state index contributed by atoms with van der Waals surface area (Å²) >= 11 is 0. The second kappa shape index (κ2) is 8.01. The van der Waals surface area contributed by atoms with E-state index < -0.39 is 0 Å². The molecular formula is C18H25NO2. The highest BCUT2D eigenvalue weighted by molar-refractivity contribution is 5.87. The Bertz CT molecular complexity index is 568. The SMILES string of the molecule is CCC(C)Oc1ccc2ccccc2c1CNCCCO. The van der Waals surface area contributed by atoms with Crippen LogP contribution in [0.4, 0.5) is 0 Å². The average molecular weight is 287 g/mol. The van der Waals surface area contributed by atoms with Crippen LogP contribution in [-0.4, -0.2) is 24.4 Å². The largest absolute Gasteiger partial charge is 0.490 e. The van der Waals surface area contributed by atoms with E-state index in [4.69, 9.17) is 9.84 Å². The smallest absolute Gasteiger partial charge is 0.124 e. The van der Waals surface area contributed by atoms with Crippen molar-refractivity contribution in [1.29, 1.82) is 0 Å². The highest BCUT2D eigenvalue weighted by Gasteiger charge is 2.10. The number of aliphatic hydroxyl groups is 1. The first-order valence-electron chi connectivity index (χ1n) is 7.75. The summed E-state index contributed by atoms with van der Waals surface area (Å²) in [7, 11) is 0. The van der Waals surface area contributed by atoms with Crippen molar-refractivity contribution in [2.75, 3.05) is 13.2 Å². The van der Waals surface area contributed by atoms with Gasteiger partial charge in [-0.25, -0.2) is 0 Å². The van der Waals surface area contributed by atoms with Crippen LogP contribution >= 0.6 is 0 Å². The minimum absolute atomic E-state index is 0.211.